The summed E-state index contributed by atoms with van der Waals surface area (Å²) >= 11 is 1.28. The van der Waals surface area contributed by atoms with E-state index in [1.807, 2.05) is 45.9 Å². The molecular formula is C34H32N8O7S. The van der Waals surface area contributed by atoms with Crippen molar-refractivity contribution in [1.29, 1.82) is 0 Å². The Hall–Kier alpha value is -5.90. The lowest BCUT2D eigenvalue weighted by molar-refractivity contribution is -0.131. The van der Waals surface area contributed by atoms with E-state index >= 15 is 0 Å². The molecule has 6 aromatic rings. The van der Waals surface area contributed by atoms with Gasteiger partial charge in [0, 0.05) is 10.9 Å². The molecule has 16 heteroatoms. The van der Waals surface area contributed by atoms with Crippen LogP contribution in [0.2, 0.25) is 0 Å². The van der Waals surface area contributed by atoms with E-state index in [-0.39, 0.29) is 53.4 Å². The lowest BCUT2D eigenvalue weighted by Crippen LogP contribution is -2.57. The largest absolute Gasteiger partial charge is 0.446 e. The summed E-state index contributed by atoms with van der Waals surface area (Å²) in [7, 11) is 0. The summed E-state index contributed by atoms with van der Waals surface area (Å²) in [6.07, 6.45) is 4.74. The molecule has 50 heavy (non-hydrogen) atoms. The van der Waals surface area contributed by atoms with E-state index in [4.69, 9.17) is 17.7 Å². The lowest BCUT2D eigenvalue weighted by Gasteiger charge is -2.27. The molecule has 0 radical (unpaired) electrons. The third-order valence-electron chi connectivity index (χ3n) is 8.26. The molecule has 0 spiro atoms. The van der Waals surface area contributed by atoms with Gasteiger partial charge in [-0.2, -0.15) is 0 Å². The minimum atomic E-state index is -0.997. The van der Waals surface area contributed by atoms with E-state index in [1.54, 1.807) is 17.5 Å². The summed E-state index contributed by atoms with van der Waals surface area (Å²) in [5.41, 5.74) is 2.00. The van der Waals surface area contributed by atoms with Crippen LogP contribution in [0.1, 0.15) is 50.5 Å². The first-order valence-electron chi connectivity index (χ1n) is 16.0. The molecule has 3 amide bonds. The Labute approximate surface area is 289 Å². The number of carbonyl (C=O) groups is 3. The zero-order valence-electron chi connectivity index (χ0n) is 27.4. The van der Waals surface area contributed by atoms with Gasteiger partial charge in [-0.25, -0.2) is 24.9 Å². The van der Waals surface area contributed by atoms with Crippen molar-refractivity contribution in [1.82, 2.24) is 40.9 Å². The number of nitrogens with zero attached hydrogens (tertiary/aromatic N) is 5. The average Bonchev–Trinajstić information content (AvgIpc) is 3.96. The fourth-order valence-corrected chi connectivity index (χ4v) is 6.03. The van der Waals surface area contributed by atoms with Gasteiger partial charge in [0.15, 0.2) is 22.8 Å². The zero-order valence-corrected chi connectivity index (χ0v) is 28.2. The smallest absolute Gasteiger partial charge is 0.274 e. The fourth-order valence-electron chi connectivity index (χ4n) is 5.29. The Morgan fingerprint density at radius 1 is 0.780 bits per heavy atom. The van der Waals surface area contributed by atoms with Gasteiger partial charge in [0.05, 0.1) is 6.54 Å². The topological polar surface area (TPSA) is 204 Å². The van der Waals surface area contributed by atoms with Crippen LogP contribution in [0.25, 0.3) is 56.8 Å². The first-order valence-corrected chi connectivity index (χ1v) is 16.8. The number of carbonyl (C=O) groups excluding carboxylic acids is 3. The van der Waals surface area contributed by atoms with E-state index in [9.17, 15) is 14.4 Å². The molecule has 0 saturated heterocycles. The molecule has 0 fully saturated rings. The third-order valence-corrected chi connectivity index (χ3v) is 9.13. The van der Waals surface area contributed by atoms with Gasteiger partial charge in [0.1, 0.15) is 47.3 Å². The maximum Gasteiger partial charge on any atom is 0.274 e. The summed E-state index contributed by atoms with van der Waals surface area (Å²) in [6.45, 7) is 7.31. The lowest BCUT2D eigenvalue weighted by atomic mass is 9.96. The third kappa shape index (κ3) is 6.44. The van der Waals surface area contributed by atoms with Crippen molar-refractivity contribution in [2.75, 3.05) is 0 Å². The van der Waals surface area contributed by atoms with Crippen molar-refractivity contribution in [3.8, 4) is 56.8 Å². The van der Waals surface area contributed by atoms with Crippen LogP contribution in [0, 0.1) is 11.8 Å². The molecule has 6 heterocycles. The average molecular weight is 697 g/mol. The summed E-state index contributed by atoms with van der Waals surface area (Å²) in [4.78, 5) is 63.8. The molecule has 3 atom stereocenters. The Kier molecular flexibility index (Phi) is 8.84. The Morgan fingerprint density at radius 2 is 1.48 bits per heavy atom. The van der Waals surface area contributed by atoms with Gasteiger partial charge in [-0.1, -0.05) is 64.4 Å². The van der Waals surface area contributed by atoms with Crippen LogP contribution < -0.4 is 16.0 Å². The molecule has 1 aliphatic rings. The predicted octanol–water partition coefficient (Wildman–Crippen LogP) is 5.35. The number of fused-ring (bicyclic) bond motifs is 14. The van der Waals surface area contributed by atoms with Crippen molar-refractivity contribution in [3.63, 3.8) is 0 Å². The molecule has 7 rings (SSSR count). The number of oxazole rings is 4. The number of aromatic nitrogens is 5. The molecule has 1 aromatic carbocycles. The number of benzene rings is 1. The van der Waals surface area contributed by atoms with Gasteiger partial charge < -0.3 is 33.6 Å². The predicted molar refractivity (Wildman–Crippen MR) is 179 cm³/mol. The molecule has 256 valence electrons. The minimum absolute atomic E-state index is 0.0228. The van der Waals surface area contributed by atoms with Crippen LogP contribution >= 0.6 is 11.3 Å². The molecule has 3 N–H and O–H groups in total. The van der Waals surface area contributed by atoms with Crippen molar-refractivity contribution in [3.05, 3.63) is 66.1 Å². The quantitative estimate of drug-likeness (QED) is 0.214. The van der Waals surface area contributed by atoms with Gasteiger partial charge in [0.2, 0.25) is 35.4 Å². The van der Waals surface area contributed by atoms with Gasteiger partial charge in [0.25, 0.3) is 5.91 Å². The highest BCUT2D eigenvalue weighted by atomic mass is 32.1. The zero-order chi connectivity index (χ0) is 34.9. The Morgan fingerprint density at radius 3 is 2.22 bits per heavy atom. The van der Waals surface area contributed by atoms with E-state index in [0.29, 0.717) is 39.8 Å². The summed E-state index contributed by atoms with van der Waals surface area (Å²) in [5, 5.41) is 10.7. The highest BCUT2D eigenvalue weighted by Gasteiger charge is 2.34. The number of hydrogen-bond donors (Lipinski definition) is 3. The summed E-state index contributed by atoms with van der Waals surface area (Å²) in [6, 6.07) is 7.13. The van der Waals surface area contributed by atoms with Crippen molar-refractivity contribution >= 4 is 29.1 Å². The minimum Gasteiger partial charge on any atom is -0.446 e. The number of hydrogen-bond acceptors (Lipinski definition) is 13. The van der Waals surface area contributed by atoms with E-state index in [0.717, 1.165) is 0 Å². The molecule has 1 aliphatic heterocycles. The molecule has 0 saturated carbocycles. The van der Waals surface area contributed by atoms with Crippen LogP contribution in [0.4, 0.5) is 0 Å². The highest BCUT2D eigenvalue weighted by Crippen LogP contribution is 2.34. The van der Waals surface area contributed by atoms with Gasteiger partial charge in [-0.05, 0) is 11.8 Å². The van der Waals surface area contributed by atoms with Crippen LogP contribution in [-0.4, -0.2) is 54.7 Å². The Balaban J connectivity index is 1.30. The fraction of sp³-hybridized carbons (Fsp3) is 0.294. The monoisotopic (exact) mass is 696 g/mol. The van der Waals surface area contributed by atoms with Crippen molar-refractivity contribution in [2.24, 2.45) is 11.8 Å². The molecule has 15 nitrogen and oxygen atoms in total. The van der Waals surface area contributed by atoms with Crippen LogP contribution in [0.5, 0.6) is 0 Å². The van der Waals surface area contributed by atoms with Crippen molar-refractivity contribution in [2.45, 2.75) is 52.7 Å². The molecule has 10 bridgehead atoms. The van der Waals surface area contributed by atoms with E-state index in [1.165, 1.54) is 30.1 Å². The first-order chi connectivity index (χ1) is 24.2. The second kappa shape index (κ2) is 13.5. The van der Waals surface area contributed by atoms with Crippen molar-refractivity contribution < 1.29 is 32.1 Å². The maximum atomic E-state index is 14.0. The number of amides is 3. The van der Waals surface area contributed by atoms with Crippen LogP contribution in [0.3, 0.4) is 0 Å². The second-order valence-electron chi connectivity index (χ2n) is 12.1. The van der Waals surface area contributed by atoms with Gasteiger partial charge in [-0.3, -0.25) is 14.4 Å². The maximum absolute atomic E-state index is 14.0. The number of nitrogens with one attached hydrogen (secondary N) is 3. The summed E-state index contributed by atoms with van der Waals surface area (Å²) in [5.74, 6) is -1.33. The van der Waals surface area contributed by atoms with Gasteiger partial charge >= 0.3 is 0 Å². The van der Waals surface area contributed by atoms with Gasteiger partial charge in [-0.15, -0.1) is 11.3 Å². The summed E-state index contributed by atoms with van der Waals surface area (Å²) < 4.78 is 23.0. The molecule has 0 aliphatic carbocycles. The Bertz CT molecular complexity index is 2160. The number of thiazole rings is 1. The van der Waals surface area contributed by atoms with Crippen LogP contribution in [-0.2, 0) is 16.1 Å². The standard InChI is InChI=1S/C34H32N8O7S/c1-5-17(4)25-29(44)40-24(16(2)3)28(43)35-11-23-36-19(12-46-23)31-37-20(13-47-31)32-38-21(14-48-32)34-39-22(15-50-34)33-42-26(30(45)41-25)27(49-33)18-9-7-6-8-10-18/h6-10,12-17,24-25H,5,11H2,1-4H3,(H,35,43)(H,40,44)(H,41,45). The van der Waals surface area contributed by atoms with Crippen LogP contribution in [0.15, 0.2) is 72.2 Å². The molecular weight excluding hydrogens is 664 g/mol. The van der Waals surface area contributed by atoms with E-state index in [2.05, 4.69) is 40.9 Å². The number of rotatable bonds is 4. The normalized spacial score (nSPS) is 17.5. The SMILES string of the molecule is CCC(C)C1NC(=O)c2nc(oc2-c2ccccc2)-c2csc(n2)-c2coc(n2)-c2coc(n2)-c2coc(n2)CNC(=O)C(C(C)C)NC1=O. The second-order valence-corrected chi connectivity index (χ2v) is 12.9. The van der Waals surface area contributed by atoms with E-state index < -0.39 is 29.8 Å². The molecule has 3 unspecified atom stereocenters. The first kappa shape index (κ1) is 32.6. The highest BCUT2D eigenvalue weighted by molar-refractivity contribution is 7.13. The molecule has 5 aromatic heterocycles.